The molecule has 6 heteroatoms. The summed E-state index contributed by atoms with van der Waals surface area (Å²) >= 11 is 7.07. The topological polar surface area (TPSA) is 72.2 Å². The average Bonchev–Trinajstić information content (AvgIpc) is 2.44. The number of ketones is 1. The van der Waals surface area contributed by atoms with E-state index in [4.69, 9.17) is 17.3 Å². The summed E-state index contributed by atoms with van der Waals surface area (Å²) < 4.78 is 0. The van der Waals surface area contributed by atoms with E-state index in [1.165, 1.54) is 11.8 Å². The van der Waals surface area contributed by atoms with Gasteiger partial charge >= 0.3 is 0 Å². The summed E-state index contributed by atoms with van der Waals surface area (Å²) in [6, 6.07) is 6.75. The summed E-state index contributed by atoms with van der Waals surface area (Å²) in [5.41, 5.74) is 5.98. The van der Waals surface area contributed by atoms with Crippen LogP contribution < -0.4 is 11.1 Å². The first-order valence-corrected chi connectivity index (χ1v) is 8.00. The van der Waals surface area contributed by atoms with Crippen LogP contribution in [0.5, 0.6) is 0 Å². The van der Waals surface area contributed by atoms with E-state index in [0.29, 0.717) is 29.4 Å². The van der Waals surface area contributed by atoms with Gasteiger partial charge in [-0.3, -0.25) is 9.59 Å². The van der Waals surface area contributed by atoms with Crippen LogP contribution in [0.25, 0.3) is 0 Å². The predicted molar refractivity (Wildman–Crippen MR) is 84.4 cm³/mol. The maximum absolute atomic E-state index is 11.8. The molecule has 0 bridgehead atoms. The Hall–Kier alpha value is -1.04. The Balaban J connectivity index is 2.18. The molecule has 0 radical (unpaired) electrons. The van der Waals surface area contributed by atoms with Crippen LogP contribution in [0.2, 0.25) is 5.02 Å². The van der Waals surface area contributed by atoms with Gasteiger partial charge in [0.2, 0.25) is 5.91 Å². The van der Waals surface area contributed by atoms with E-state index in [1.807, 2.05) is 0 Å². The van der Waals surface area contributed by atoms with Gasteiger partial charge in [0.05, 0.1) is 11.5 Å². The van der Waals surface area contributed by atoms with Crippen molar-refractivity contribution < 1.29 is 9.59 Å². The number of unbranched alkanes of at least 4 members (excludes halogenated alkanes) is 1. The molecule has 0 spiro atoms. The minimum Gasteiger partial charge on any atom is -0.355 e. The molecular formula is C14H19ClN2O2S. The second kappa shape index (κ2) is 9.80. The Labute approximate surface area is 128 Å². The van der Waals surface area contributed by atoms with E-state index in [2.05, 4.69) is 5.32 Å². The lowest BCUT2D eigenvalue weighted by Gasteiger charge is -2.04. The normalized spacial score (nSPS) is 10.3. The molecule has 0 atom stereocenters. The highest BCUT2D eigenvalue weighted by Gasteiger charge is 2.07. The van der Waals surface area contributed by atoms with Crippen LogP contribution in [-0.4, -0.2) is 36.3 Å². The van der Waals surface area contributed by atoms with Crippen molar-refractivity contribution in [3.63, 3.8) is 0 Å². The van der Waals surface area contributed by atoms with Gasteiger partial charge in [-0.05, 0) is 43.7 Å². The summed E-state index contributed by atoms with van der Waals surface area (Å²) in [7, 11) is 0. The SMILES string of the molecule is NCCCCNC(=O)CSCC(=O)c1ccc(Cl)cc1. The number of benzene rings is 1. The van der Waals surface area contributed by atoms with Gasteiger partial charge in [0.25, 0.3) is 0 Å². The number of amides is 1. The summed E-state index contributed by atoms with van der Waals surface area (Å²) in [4.78, 5) is 23.3. The van der Waals surface area contributed by atoms with Crippen molar-refractivity contribution in [1.29, 1.82) is 0 Å². The third-order valence-electron chi connectivity index (χ3n) is 2.59. The molecule has 20 heavy (non-hydrogen) atoms. The van der Waals surface area contributed by atoms with Gasteiger partial charge in [0.1, 0.15) is 0 Å². The molecule has 0 saturated heterocycles. The number of thioether (sulfide) groups is 1. The van der Waals surface area contributed by atoms with Crippen molar-refractivity contribution in [2.24, 2.45) is 5.73 Å². The number of rotatable bonds is 9. The zero-order valence-electron chi connectivity index (χ0n) is 11.2. The molecule has 1 amide bonds. The Bertz CT molecular complexity index is 437. The minimum absolute atomic E-state index is 0.00241. The first-order valence-electron chi connectivity index (χ1n) is 6.46. The van der Waals surface area contributed by atoms with Crippen molar-refractivity contribution in [1.82, 2.24) is 5.32 Å². The van der Waals surface area contributed by atoms with Crippen LogP contribution in [0.3, 0.4) is 0 Å². The maximum atomic E-state index is 11.8. The fraction of sp³-hybridized carbons (Fsp3) is 0.429. The number of halogens is 1. The van der Waals surface area contributed by atoms with Crippen molar-refractivity contribution in [2.45, 2.75) is 12.8 Å². The molecule has 0 aromatic heterocycles. The van der Waals surface area contributed by atoms with Crippen molar-refractivity contribution in [3.8, 4) is 0 Å². The molecule has 0 heterocycles. The number of nitrogens with two attached hydrogens (primary N) is 1. The fourth-order valence-corrected chi connectivity index (χ4v) is 2.37. The highest BCUT2D eigenvalue weighted by molar-refractivity contribution is 8.00. The van der Waals surface area contributed by atoms with Gasteiger partial charge in [-0.15, -0.1) is 11.8 Å². The van der Waals surface area contributed by atoms with E-state index in [1.54, 1.807) is 24.3 Å². The van der Waals surface area contributed by atoms with Crippen LogP contribution in [0.15, 0.2) is 24.3 Å². The lowest BCUT2D eigenvalue weighted by molar-refractivity contribution is -0.118. The zero-order valence-corrected chi connectivity index (χ0v) is 12.8. The van der Waals surface area contributed by atoms with Gasteiger partial charge < -0.3 is 11.1 Å². The van der Waals surface area contributed by atoms with Crippen LogP contribution in [-0.2, 0) is 4.79 Å². The van der Waals surface area contributed by atoms with Gasteiger partial charge in [0, 0.05) is 17.1 Å². The van der Waals surface area contributed by atoms with Gasteiger partial charge in [-0.25, -0.2) is 0 Å². The van der Waals surface area contributed by atoms with Crippen LogP contribution >= 0.6 is 23.4 Å². The summed E-state index contributed by atoms with van der Waals surface area (Å²) in [5, 5.41) is 3.40. The molecule has 3 N–H and O–H groups in total. The van der Waals surface area contributed by atoms with Crippen molar-refractivity contribution in [3.05, 3.63) is 34.9 Å². The van der Waals surface area contributed by atoms with Crippen molar-refractivity contribution in [2.75, 3.05) is 24.6 Å². The third-order valence-corrected chi connectivity index (χ3v) is 3.77. The number of hydrogen-bond donors (Lipinski definition) is 2. The number of Topliss-reactive ketones (excluding diaryl/α,β-unsaturated/α-hetero) is 1. The summed E-state index contributed by atoms with van der Waals surface area (Å²) in [5.74, 6) is 0.540. The molecule has 0 aliphatic heterocycles. The fourth-order valence-electron chi connectivity index (χ4n) is 1.50. The molecule has 0 saturated carbocycles. The Kier molecular flexibility index (Phi) is 8.34. The van der Waals surface area contributed by atoms with Crippen molar-refractivity contribution >= 4 is 35.1 Å². The maximum Gasteiger partial charge on any atom is 0.230 e. The van der Waals surface area contributed by atoms with Gasteiger partial charge in [-0.2, -0.15) is 0 Å². The minimum atomic E-state index is -0.0454. The Morgan fingerprint density at radius 1 is 1.15 bits per heavy atom. The van der Waals surface area contributed by atoms with E-state index in [0.717, 1.165) is 12.8 Å². The van der Waals surface area contributed by atoms with Crippen LogP contribution in [0, 0.1) is 0 Å². The monoisotopic (exact) mass is 314 g/mol. The van der Waals surface area contributed by atoms with Gasteiger partial charge in [0.15, 0.2) is 5.78 Å². The van der Waals surface area contributed by atoms with E-state index < -0.39 is 0 Å². The zero-order chi connectivity index (χ0) is 14.8. The Morgan fingerprint density at radius 2 is 1.85 bits per heavy atom. The van der Waals surface area contributed by atoms with E-state index in [-0.39, 0.29) is 17.4 Å². The van der Waals surface area contributed by atoms with Crippen LogP contribution in [0.1, 0.15) is 23.2 Å². The molecule has 110 valence electrons. The molecule has 1 rings (SSSR count). The molecular weight excluding hydrogens is 296 g/mol. The Morgan fingerprint density at radius 3 is 2.50 bits per heavy atom. The smallest absolute Gasteiger partial charge is 0.230 e. The largest absolute Gasteiger partial charge is 0.355 e. The molecule has 1 aromatic carbocycles. The summed E-state index contributed by atoms with van der Waals surface area (Å²) in [6.07, 6.45) is 1.79. The van der Waals surface area contributed by atoms with Crippen LogP contribution in [0.4, 0.5) is 0 Å². The standard InChI is InChI=1S/C14H19ClN2O2S/c15-12-5-3-11(4-6-12)13(18)9-20-10-14(19)17-8-2-1-7-16/h3-6H,1-2,7-10,16H2,(H,17,19). The highest BCUT2D eigenvalue weighted by atomic mass is 35.5. The molecule has 0 aliphatic carbocycles. The third kappa shape index (κ3) is 6.93. The van der Waals surface area contributed by atoms with Gasteiger partial charge in [-0.1, -0.05) is 11.6 Å². The predicted octanol–water partition coefficient (Wildman–Crippen LogP) is 2.11. The number of nitrogens with one attached hydrogen (secondary N) is 1. The number of hydrogen-bond acceptors (Lipinski definition) is 4. The quantitative estimate of drug-likeness (QED) is 0.541. The number of carbonyl (C=O) groups is 2. The lowest BCUT2D eigenvalue weighted by atomic mass is 10.1. The summed E-state index contributed by atoms with van der Waals surface area (Å²) in [6.45, 7) is 1.28. The molecule has 1 aromatic rings. The average molecular weight is 315 g/mol. The molecule has 0 fully saturated rings. The highest BCUT2D eigenvalue weighted by Crippen LogP contribution is 2.12. The molecule has 4 nitrogen and oxygen atoms in total. The second-order valence-electron chi connectivity index (χ2n) is 4.27. The van der Waals surface area contributed by atoms with E-state index in [9.17, 15) is 9.59 Å². The second-order valence-corrected chi connectivity index (χ2v) is 5.69. The molecule has 0 unspecified atom stereocenters. The molecule has 0 aliphatic rings. The number of carbonyl (C=O) groups excluding carboxylic acids is 2. The van der Waals surface area contributed by atoms with E-state index >= 15 is 0 Å². The first-order chi connectivity index (χ1) is 9.63. The lowest BCUT2D eigenvalue weighted by Crippen LogP contribution is -2.27. The first kappa shape index (κ1) is 17.0.